The van der Waals surface area contributed by atoms with Gasteiger partial charge in [-0.05, 0) is 24.5 Å². The summed E-state index contributed by atoms with van der Waals surface area (Å²) in [5.41, 5.74) is 2.27. The van der Waals surface area contributed by atoms with Crippen LogP contribution in [0.15, 0.2) is 30.5 Å². The van der Waals surface area contributed by atoms with Gasteiger partial charge in [0.15, 0.2) is 0 Å². The summed E-state index contributed by atoms with van der Waals surface area (Å²) in [5.74, 6) is -0.0171. The molecule has 0 aliphatic carbocycles. The van der Waals surface area contributed by atoms with E-state index in [1.54, 1.807) is 0 Å². The normalized spacial score (nSPS) is 11.0. The molecule has 0 saturated heterocycles. The fourth-order valence-electron chi connectivity index (χ4n) is 2.70. The molecule has 0 saturated carbocycles. The van der Waals surface area contributed by atoms with Crippen LogP contribution >= 0.6 is 11.3 Å². The second kappa shape index (κ2) is 8.06. The number of hydrogen-bond acceptors (Lipinski definition) is 4. The van der Waals surface area contributed by atoms with E-state index in [0.717, 1.165) is 23.4 Å². The van der Waals surface area contributed by atoms with Crippen molar-refractivity contribution >= 4 is 33.3 Å². The number of fused-ring (bicyclic) bond motifs is 1. The molecule has 1 amide bonds. The number of benzene rings is 1. The summed E-state index contributed by atoms with van der Waals surface area (Å²) >= 11 is 1.48. The molecular formula is C18H22N4OS. The van der Waals surface area contributed by atoms with Crippen molar-refractivity contribution in [3.63, 3.8) is 0 Å². The molecule has 0 bridgehead atoms. The van der Waals surface area contributed by atoms with Crippen LogP contribution in [0.1, 0.15) is 43.2 Å². The summed E-state index contributed by atoms with van der Waals surface area (Å²) in [4.78, 5) is 15.4. The van der Waals surface area contributed by atoms with Crippen molar-refractivity contribution in [1.82, 2.24) is 15.2 Å². The molecule has 24 heavy (non-hydrogen) atoms. The Kier molecular flexibility index (Phi) is 5.59. The monoisotopic (exact) mass is 342 g/mol. The van der Waals surface area contributed by atoms with Crippen molar-refractivity contribution in [2.24, 2.45) is 0 Å². The maximum absolute atomic E-state index is 12.1. The zero-order valence-corrected chi connectivity index (χ0v) is 14.7. The number of nitrogens with zero attached hydrogens (tertiary/aromatic N) is 2. The first-order valence-corrected chi connectivity index (χ1v) is 9.25. The van der Waals surface area contributed by atoms with Crippen LogP contribution < -0.4 is 5.32 Å². The molecule has 0 aliphatic rings. The molecule has 0 fully saturated rings. The Morgan fingerprint density at radius 1 is 1.21 bits per heavy atom. The molecule has 0 aliphatic heterocycles. The zero-order valence-electron chi connectivity index (χ0n) is 13.8. The summed E-state index contributed by atoms with van der Waals surface area (Å²) in [6.07, 6.45) is 7.58. The van der Waals surface area contributed by atoms with E-state index in [2.05, 4.69) is 33.5 Å². The van der Waals surface area contributed by atoms with Gasteiger partial charge >= 0.3 is 0 Å². The van der Waals surface area contributed by atoms with Gasteiger partial charge in [0, 0.05) is 29.9 Å². The van der Waals surface area contributed by atoms with E-state index in [-0.39, 0.29) is 5.91 Å². The summed E-state index contributed by atoms with van der Waals surface area (Å²) < 4.78 is 0. The topological polar surface area (TPSA) is 70.7 Å². The molecule has 2 aromatic heterocycles. The Balaban J connectivity index is 1.51. The lowest BCUT2D eigenvalue weighted by Crippen LogP contribution is -2.12. The number of para-hydroxylation sites is 1. The average Bonchev–Trinajstić information content (AvgIpc) is 3.20. The highest BCUT2D eigenvalue weighted by molar-refractivity contribution is 7.15. The Labute approximate surface area is 145 Å². The van der Waals surface area contributed by atoms with E-state index in [9.17, 15) is 4.79 Å². The zero-order chi connectivity index (χ0) is 16.8. The summed E-state index contributed by atoms with van der Waals surface area (Å²) in [7, 11) is 0. The van der Waals surface area contributed by atoms with E-state index < -0.39 is 0 Å². The van der Waals surface area contributed by atoms with Crippen LogP contribution in [-0.4, -0.2) is 21.1 Å². The third-order valence-corrected chi connectivity index (χ3v) is 4.90. The number of aryl methyl sites for hydroxylation is 2. The first kappa shape index (κ1) is 16.6. The number of anilines is 1. The number of hydrogen-bond donors (Lipinski definition) is 2. The average molecular weight is 342 g/mol. The van der Waals surface area contributed by atoms with E-state index in [0.29, 0.717) is 18.0 Å². The smallest absolute Gasteiger partial charge is 0.226 e. The van der Waals surface area contributed by atoms with Gasteiger partial charge in [0.25, 0.3) is 0 Å². The number of carbonyl (C=O) groups excluding carboxylic acids is 1. The summed E-state index contributed by atoms with van der Waals surface area (Å²) in [6.45, 7) is 2.18. The number of unbranched alkanes of at least 4 members (excludes halogenated alkanes) is 2. The summed E-state index contributed by atoms with van der Waals surface area (Å²) in [5, 5.41) is 13.8. The van der Waals surface area contributed by atoms with Gasteiger partial charge in [-0.25, -0.2) is 0 Å². The lowest BCUT2D eigenvalue weighted by atomic mass is 10.1. The fourth-order valence-corrected chi connectivity index (χ4v) is 3.50. The van der Waals surface area contributed by atoms with Crippen LogP contribution in [-0.2, 0) is 17.6 Å². The predicted molar refractivity (Wildman–Crippen MR) is 98.4 cm³/mol. The van der Waals surface area contributed by atoms with E-state index in [1.807, 2.05) is 24.4 Å². The van der Waals surface area contributed by atoms with E-state index in [4.69, 9.17) is 0 Å². The fraction of sp³-hybridized carbons (Fsp3) is 0.389. The van der Waals surface area contributed by atoms with E-state index in [1.165, 1.54) is 35.1 Å². The minimum absolute atomic E-state index is 0.0171. The second-order valence-electron chi connectivity index (χ2n) is 5.87. The van der Waals surface area contributed by atoms with Crippen LogP contribution in [0.2, 0.25) is 0 Å². The molecule has 0 atom stereocenters. The molecule has 126 valence electrons. The molecule has 1 aromatic carbocycles. The number of H-pyrrole nitrogens is 1. The van der Waals surface area contributed by atoms with Crippen LogP contribution in [0.5, 0.6) is 0 Å². The van der Waals surface area contributed by atoms with Gasteiger partial charge in [-0.2, -0.15) is 0 Å². The largest absolute Gasteiger partial charge is 0.361 e. The highest BCUT2D eigenvalue weighted by Gasteiger charge is 2.10. The summed E-state index contributed by atoms with van der Waals surface area (Å²) in [6, 6.07) is 8.14. The Bertz CT molecular complexity index is 808. The number of rotatable bonds is 8. The lowest BCUT2D eigenvalue weighted by Gasteiger charge is -2.01. The van der Waals surface area contributed by atoms with Crippen molar-refractivity contribution in [2.45, 2.75) is 45.4 Å². The van der Waals surface area contributed by atoms with Crippen LogP contribution in [0.3, 0.4) is 0 Å². The standard InChI is InChI=1S/C18H22N4OS/c1-2-3-4-9-17-21-22-18(24-17)20-16(23)11-10-13-12-19-15-8-6-5-7-14(13)15/h5-8,12,19H,2-4,9-11H2,1H3,(H,20,22,23). The lowest BCUT2D eigenvalue weighted by molar-refractivity contribution is -0.116. The van der Waals surface area contributed by atoms with Crippen molar-refractivity contribution < 1.29 is 4.79 Å². The van der Waals surface area contributed by atoms with Crippen LogP contribution in [0.25, 0.3) is 10.9 Å². The Morgan fingerprint density at radius 3 is 2.96 bits per heavy atom. The van der Waals surface area contributed by atoms with Gasteiger partial charge in [-0.15, -0.1) is 10.2 Å². The number of carbonyl (C=O) groups is 1. The molecule has 0 unspecified atom stereocenters. The van der Waals surface area contributed by atoms with Crippen molar-refractivity contribution in [3.05, 3.63) is 41.0 Å². The minimum Gasteiger partial charge on any atom is -0.361 e. The second-order valence-corrected chi connectivity index (χ2v) is 6.93. The van der Waals surface area contributed by atoms with Gasteiger partial charge in [-0.1, -0.05) is 49.3 Å². The van der Waals surface area contributed by atoms with Crippen molar-refractivity contribution in [2.75, 3.05) is 5.32 Å². The molecule has 2 N–H and O–H groups in total. The molecular weight excluding hydrogens is 320 g/mol. The highest BCUT2D eigenvalue weighted by Crippen LogP contribution is 2.20. The molecule has 6 heteroatoms. The van der Waals surface area contributed by atoms with Crippen molar-refractivity contribution in [3.8, 4) is 0 Å². The van der Waals surface area contributed by atoms with Gasteiger partial charge in [0.2, 0.25) is 11.0 Å². The van der Waals surface area contributed by atoms with Crippen LogP contribution in [0.4, 0.5) is 5.13 Å². The van der Waals surface area contributed by atoms with Crippen LogP contribution in [0, 0.1) is 0 Å². The van der Waals surface area contributed by atoms with E-state index >= 15 is 0 Å². The maximum Gasteiger partial charge on any atom is 0.226 e. The third-order valence-electron chi connectivity index (χ3n) is 4.00. The predicted octanol–water partition coefficient (Wildman–Crippen LogP) is 4.32. The number of aromatic nitrogens is 3. The highest BCUT2D eigenvalue weighted by atomic mass is 32.1. The first-order chi connectivity index (χ1) is 11.8. The SMILES string of the molecule is CCCCCc1nnc(NC(=O)CCc2c[nH]c3ccccc23)s1. The number of aromatic amines is 1. The minimum atomic E-state index is -0.0171. The molecule has 0 spiro atoms. The maximum atomic E-state index is 12.1. The Morgan fingerprint density at radius 2 is 2.08 bits per heavy atom. The molecule has 3 aromatic rings. The first-order valence-electron chi connectivity index (χ1n) is 8.43. The van der Waals surface area contributed by atoms with Crippen molar-refractivity contribution in [1.29, 1.82) is 0 Å². The molecule has 0 radical (unpaired) electrons. The Hall–Kier alpha value is -2.21. The molecule has 2 heterocycles. The quantitative estimate of drug-likeness (QED) is 0.599. The number of nitrogens with one attached hydrogen (secondary N) is 2. The van der Waals surface area contributed by atoms with Gasteiger partial charge in [0.05, 0.1) is 0 Å². The number of amides is 1. The molecule has 5 nitrogen and oxygen atoms in total. The van der Waals surface area contributed by atoms with Gasteiger partial charge < -0.3 is 10.3 Å². The molecule has 3 rings (SSSR count). The van der Waals surface area contributed by atoms with Gasteiger partial charge in [-0.3, -0.25) is 4.79 Å². The third kappa shape index (κ3) is 4.20. The van der Waals surface area contributed by atoms with Gasteiger partial charge in [0.1, 0.15) is 5.01 Å².